The van der Waals surface area contributed by atoms with Gasteiger partial charge in [0.05, 0.1) is 0 Å². The Kier molecular flexibility index (Phi) is 5.97. The Bertz CT molecular complexity index is 843. The molecule has 0 aromatic heterocycles. The van der Waals surface area contributed by atoms with Crippen LogP contribution >= 0.6 is 0 Å². The van der Waals surface area contributed by atoms with Gasteiger partial charge in [-0.15, -0.1) is 0 Å². The van der Waals surface area contributed by atoms with Gasteiger partial charge in [0.1, 0.15) is 5.82 Å². The lowest BCUT2D eigenvalue weighted by atomic mass is 9.79. The van der Waals surface area contributed by atoms with E-state index in [1.165, 1.54) is 17.7 Å². The monoisotopic (exact) mass is 383 g/mol. The van der Waals surface area contributed by atoms with Crippen molar-refractivity contribution in [3.8, 4) is 0 Å². The quantitative estimate of drug-likeness (QED) is 0.836. The fourth-order valence-electron chi connectivity index (χ4n) is 3.30. The van der Waals surface area contributed by atoms with E-state index < -0.39 is 11.2 Å². The van der Waals surface area contributed by atoms with Crippen LogP contribution in [0.3, 0.4) is 0 Å². The third kappa shape index (κ3) is 4.88. The highest BCUT2D eigenvalue weighted by molar-refractivity contribution is 5.89. The standard InChI is InChI=1S/C22H26FN3O2/c1-16-6-8-17(9-7-16)15-24-20(27)22(2)10-12-26(13-11-22)21(28)25-19-5-3-4-18(23)14-19/h3-9,14H,10-13,15H2,1-2H3,(H,24,27)(H,25,28). The van der Waals surface area contributed by atoms with E-state index in [0.717, 1.165) is 5.56 Å². The van der Waals surface area contributed by atoms with Crippen molar-refractivity contribution in [1.82, 2.24) is 10.2 Å². The highest BCUT2D eigenvalue weighted by Gasteiger charge is 2.37. The van der Waals surface area contributed by atoms with Crippen LogP contribution in [0, 0.1) is 18.2 Å². The molecule has 3 amide bonds. The number of halogens is 1. The number of carbonyl (C=O) groups is 2. The average Bonchev–Trinajstić information content (AvgIpc) is 2.68. The predicted molar refractivity (Wildman–Crippen MR) is 107 cm³/mol. The molecule has 1 aliphatic heterocycles. The SMILES string of the molecule is Cc1ccc(CNC(=O)C2(C)CCN(C(=O)Nc3cccc(F)c3)CC2)cc1. The number of aryl methyl sites for hydroxylation is 1. The summed E-state index contributed by atoms with van der Waals surface area (Å²) in [7, 11) is 0. The molecule has 2 aromatic carbocycles. The van der Waals surface area contributed by atoms with E-state index in [1.807, 2.05) is 38.1 Å². The number of urea groups is 1. The van der Waals surface area contributed by atoms with Gasteiger partial charge in [-0.05, 0) is 43.5 Å². The van der Waals surface area contributed by atoms with Crippen molar-refractivity contribution in [2.45, 2.75) is 33.2 Å². The Hall–Kier alpha value is -2.89. The van der Waals surface area contributed by atoms with Gasteiger partial charge in [0.15, 0.2) is 0 Å². The van der Waals surface area contributed by atoms with Crippen molar-refractivity contribution in [2.75, 3.05) is 18.4 Å². The first kappa shape index (κ1) is 19.9. The Labute approximate surface area is 164 Å². The van der Waals surface area contributed by atoms with Gasteiger partial charge in [0.25, 0.3) is 0 Å². The highest BCUT2D eigenvalue weighted by Crippen LogP contribution is 2.31. The van der Waals surface area contributed by atoms with Crippen molar-refractivity contribution in [1.29, 1.82) is 0 Å². The fraction of sp³-hybridized carbons (Fsp3) is 0.364. The molecule has 0 aliphatic carbocycles. The molecule has 3 rings (SSSR count). The summed E-state index contributed by atoms with van der Waals surface area (Å²) in [6, 6.07) is 13.6. The van der Waals surface area contributed by atoms with Gasteiger partial charge < -0.3 is 15.5 Å². The molecule has 148 valence electrons. The second-order valence-electron chi connectivity index (χ2n) is 7.66. The molecule has 1 saturated heterocycles. The first-order valence-electron chi connectivity index (χ1n) is 9.51. The summed E-state index contributed by atoms with van der Waals surface area (Å²) in [5.41, 5.74) is 2.18. The van der Waals surface area contributed by atoms with Crippen LogP contribution in [-0.2, 0) is 11.3 Å². The number of nitrogens with zero attached hydrogens (tertiary/aromatic N) is 1. The number of nitrogens with one attached hydrogen (secondary N) is 2. The van der Waals surface area contributed by atoms with E-state index in [0.29, 0.717) is 38.2 Å². The average molecular weight is 383 g/mol. The molecule has 2 N–H and O–H groups in total. The van der Waals surface area contributed by atoms with Crippen LogP contribution in [0.5, 0.6) is 0 Å². The van der Waals surface area contributed by atoms with Crippen molar-refractivity contribution in [3.05, 3.63) is 65.5 Å². The maximum atomic E-state index is 13.3. The minimum absolute atomic E-state index is 0.0123. The largest absolute Gasteiger partial charge is 0.352 e. The van der Waals surface area contributed by atoms with Crippen molar-refractivity contribution < 1.29 is 14.0 Å². The number of piperidine rings is 1. The van der Waals surface area contributed by atoms with E-state index in [9.17, 15) is 14.0 Å². The van der Waals surface area contributed by atoms with Crippen LogP contribution in [0.25, 0.3) is 0 Å². The molecule has 5 nitrogen and oxygen atoms in total. The number of benzene rings is 2. The van der Waals surface area contributed by atoms with Gasteiger partial charge in [-0.1, -0.05) is 42.8 Å². The number of likely N-dealkylation sites (tertiary alicyclic amines) is 1. The Morgan fingerprint density at radius 3 is 2.43 bits per heavy atom. The second kappa shape index (κ2) is 8.42. The van der Waals surface area contributed by atoms with Crippen LogP contribution in [-0.4, -0.2) is 29.9 Å². The van der Waals surface area contributed by atoms with Crippen LogP contribution in [0.4, 0.5) is 14.9 Å². The van der Waals surface area contributed by atoms with E-state index in [4.69, 9.17) is 0 Å². The van der Waals surface area contributed by atoms with Crippen LogP contribution < -0.4 is 10.6 Å². The zero-order valence-corrected chi connectivity index (χ0v) is 16.3. The summed E-state index contributed by atoms with van der Waals surface area (Å²) in [5, 5.41) is 5.73. The van der Waals surface area contributed by atoms with Gasteiger partial charge >= 0.3 is 6.03 Å². The van der Waals surface area contributed by atoms with Crippen LogP contribution in [0.2, 0.25) is 0 Å². The first-order chi connectivity index (χ1) is 13.4. The molecule has 6 heteroatoms. The molecular weight excluding hydrogens is 357 g/mol. The zero-order chi connectivity index (χ0) is 20.1. The molecule has 0 spiro atoms. The number of carbonyl (C=O) groups excluding carboxylic acids is 2. The Morgan fingerprint density at radius 2 is 1.79 bits per heavy atom. The summed E-state index contributed by atoms with van der Waals surface area (Å²) >= 11 is 0. The molecule has 0 radical (unpaired) electrons. The Balaban J connectivity index is 1.50. The molecule has 2 aromatic rings. The summed E-state index contributed by atoms with van der Waals surface area (Å²) in [5.74, 6) is -0.382. The number of hydrogen-bond donors (Lipinski definition) is 2. The van der Waals surface area contributed by atoms with Crippen LogP contribution in [0.15, 0.2) is 48.5 Å². The van der Waals surface area contributed by atoms with Crippen LogP contribution in [0.1, 0.15) is 30.9 Å². The van der Waals surface area contributed by atoms with Gasteiger partial charge in [-0.25, -0.2) is 9.18 Å². The molecule has 0 saturated carbocycles. The minimum atomic E-state index is -0.500. The molecule has 0 unspecified atom stereocenters. The maximum Gasteiger partial charge on any atom is 0.321 e. The summed E-state index contributed by atoms with van der Waals surface area (Å²) < 4.78 is 13.3. The second-order valence-corrected chi connectivity index (χ2v) is 7.66. The predicted octanol–water partition coefficient (Wildman–Crippen LogP) is 4.08. The van der Waals surface area contributed by atoms with E-state index in [1.54, 1.807) is 17.0 Å². The van der Waals surface area contributed by atoms with E-state index >= 15 is 0 Å². The fourth-order valence-corrected chi connectivity index (χ4v) is 3.30. The van der Waals surface area contributed by atoms with E-state index in [-0.39, 0.29) is 11.9 Å². The smallest absolute Gasteiger partial charge is 0.321 e. The van der Waals surface area contributed by atoms with Gasteiger partial charge in [-0.2, -0.15) is 0 Å². The minimum Gasteiger partial charge on any atom is -0.352 e. The van der Waals surface area contributed by atoms with Crippen molar-refractivity contribution in [2.24, 2.45) is 5.41 Å². The molecule has 28 heavy (non-hydrogen) atoms. The normalized spacial score (nSPS) is 15.8. The molecule has 0 bridgehead atoms. The molecule has 1 heterocycles. The maximum absolute atomic E-state index is 13.3. The first-order valence-corrected chi connectivity index (χ1v) is 9.51. The molecule has 1 aliphatic rings. The third-order valence-electron chi connectivity index (χ3n) is 5.35. The third-order valence-corrected chi connectivity index (χ3v) is 5.35. The zero-order valence-electron chi connectivity index (χ0n) is 16.3. The lowest BCUT2D eigenvalue weighted by Crippen LogP contribution is -2.49. The topological polar surface area (TPSA) is 61.4 Å². The summed E-state index contributed by atoms with van der Waals surface area (Å²) in [6.07, 6.45) is 1.17. The number of hydrogen-bond acceptors (Lipinski definition) is 2. The van der Waals surface area contributed by atoms with Gasteiger partial charge in [-0.3, -0.25) is 4.79 Å². The van der Waals surface area contributed by atoms with Gasteiger partial charge in [0.2, 0.25) is 5.91 Å². The number of rotatable bonds is 4. The summed E-state index contributed by atoms with van der Waals surface area (Å²) in [6.45, 7) is 5.44. The summed E-state index contributed by atoms with van der Waals surface area (Å²) in [4.78, 5) is 26.7. The Morgan fingerprint density at radius 1 is 1.11 bits per heavy atom. The molecule has 1 fully saturated rings. The lowest BCUT2D eigenvalue weighted by molar-refractivity contribution is -0.132. The number of anilines is 1. The molecular formula is C22H26FN3O2. The van der Waals surface area contributed by atoms with Crippen molar-refractivity contribution in [3.63, 3.8) is 0 Å². The number of amides is 3. The van der Waals surface area contributed by atoms with Gasteiger partial charge in [0, 0.05) is 30.7 Å². The highest BCUT2D eigenvalue weighted by atomic mass is 19.1. The molecule has 0 atom stereocenters. The lowest BCUT2D eigenvalue weighted by Gasteiger charge is -2.38. The van der Waals surface area contributed by atoms with E-state index in [2.05, 4.69) is 10.6 Å². The van der Waals surface area contributed by atoms with Crippen molar-refractivity contribution >= 4 is 17.6 Å².